The van der Waals surface area contributed by atoms with Crippen LogP contribution in [0.5, 0.6) is 0 Å². The monoisotopic (exact) mass is 316 g/mol. The summed E-state index contributed by atoms with van der Waals surface area (Å²) in [5.41, 5.74) is 5.45. The van der Waals surface area contributed by atoms with Gasteiger partial charge in [-0.05, 0) is 59.9 Å². The summed E-state index contributed by atoms with van der Waals surface area (Å²) in [6.07, 6.45) is 10.8. The molecule has 0 aliphatic heterocycles. The summed E-state index contributed by atoms with van der Waals surface area (Å²) in [6, 6.07) is 12.2. The molecule has 24 heavy (non-hydrogen) atoms. The van der Waals surface area contributed by atoms with Crippen LogP contribution in [0, 0.1) is 6.92 Å². The molecule has 0 amide bonds. The van der Waals surface area contributed by atoms with Crippen LogP contribution in [0.15, 0.2) is 85.1 Å². The van der Waals surface area contributed by atoms with E-state index in [4.69, 9.17) is 0 Å². The van der Waals surface area contributed by atoms with E-state index in [1.165, 1.54) is 11.1 Å². The Balaban J connectivity index is 2.10. The van der Waals surface area contributed by atoms with E-state index in [1.54, 1.807) is 0 Å². The van der Waals surface area contributed by atoms with Crippen molar-refractivity contribution in [3.05, 3.63) is 96.3 Å². The van der Waals surface area contributed by atoms with Crippen LogP contribution in [0.2, 0.25) is 0 Å². The molecule has 2 heteroatoms. The van der Waals surface area contributed by atoms with E-state index in [0.29, 0.717) is 0 Å². The molecule has 0 aliphatic carbocycles. The van der Waals surface area contributed by atoms with Crippen molar-refractivity contribution in [3.63, 3.8) is 0 Å². The summed E-state index contributed by atoms with van der Waals surface area (Å²) in [5, 5.41) is 3.33. The van der Waals surface area contributed by atoms with Gasteiger partial charge in [0.15, 0.2) is 0 Å². The molecule has 2 aromatic rings. The molecule has 1 aromatic heterocycles. The van der Waals surface area contributed by atoms with Gasteiger partial charge < -0.3 is 5.32 Å². The van der Waals surface area contributed by atoms with E-state index in [2.05, 4.69) is 61.6 Å². The molecule has 0 saturated heterocycles. The molecule has 122 valence electrons. The molecular formula is C22H24N2. The van der Waals surface area contributed by atoms with E-state index in [0.717, 1.165) is 29.1 Å². The Hall–Kier alpha value is -2.87. The van der Waals surface area contributed by atoms with Crippen molar-refractivity contribution in [3.8, 4) is 0 Å². The number of pyridine rings is 1. The van der Waals surface area contributed by atoms with E-state index in [9.17, 15) is 0 Å². The van der Waals surface area contributed by atoms with Crippen molar-refractivity contribution in [2.75, 3.05) is 5.32 Å². The number of anilines is 2. The Kier molecular flexibility index (Phi) is 6.32. The van der Waals surface area contributed by atoms with Gasteiger partial charge in [0.2, 0.25) is 0 Å². The summed E-state index contributed by atoms with van der Waals surface area (Å²) in [6.45, 7) is 12.0. The van der Waals surface area contributed by atoms with Crippen molar-refractivity contribution in [1.29, 1.82) is 0 Å². The second-order valence-corrected chi connectivity index (χ2v) is 5.65. The fourth-order valence-corrected chi connectivity index (χ4v) is 2.27. The standard InChI is InChI=1S/C22H24N2/c1-5-19(6-2)14-17(3)10-11-20-8-7-9-21(16-20)24-22-15-18(4)12-13-23-22/h5,7-16H,1,3,6H2,2,4H3,(H,23,24)/b11-10-,19-14+. The van der Waals surface area contributed by atoms with Gasteiger partial charge in [0.25, 0.3) is 0 Å². The van der Waals surface area contributed by atoms with Crippen molar-refractivity contribution in [1.82, 2.24) is 4.98 Å². The number of benzene rings is 1. The van der Waals surface area contributed by atoms with Gasteiger partial charge in [0.05, 0.1) is 0 Å². The highest BCUT2D eigenvalue weighted by Crippen LogP contribution is 2.18. The highest BCUT2D eigenvalue weighted by molar-refractivity contribution is 5.63. The summed E-state index contributed by atoms with van der Waals surface area (Å²) >= 11 is 0. The minimum atomic E-state index is 0.849. The summed E-state index contributed by atoms with van der Waals surface area (Å²) in [5.74, 6) is 0.849. The fourth-order valence-electron chi connectivity index (χ4n) is 2.27. The second-order valence-electron chi connectivity index (χ2n) is 5.65. The van der Waals surface area contributed by atoms with E-state index in [-0.39, 0.29) is 0 Å². The van der Waals surface area contributed by atoms with E-state index in [1.807, 2.05) is 42.6 Å². The Bertz CT molecular complexity index is 782. The van der Waals surface area contributed by atoms with Crippen LogP contribution in [0.25, 0.3) is 6.08 Å². The smallest absolute Gasteiger partial charge is 0.130 e. The molecule has 0 spiro atoms. The zero-order valence-corrected chi connectivity index (χ0v) is 14.4. The average molecular weight is 316 g/mol. The molecule has 1 N–H and O–H groups in total. The molecule has 0 fully saturated rings. The molecule has 0 saturated carbocycles. The van der Waals surface area contributed by atoms with Crippen molar-refractivity contribution >= 4 is 17.6 Å². The predicted molar refractivity (Wildman–Crippen MR) is 105 cm³/mol. The maximum absolute atomic E-state index is 4.33. The normalized spacial score (nSPS) is 11.5. The molecule has 0 bridgehead atoms. The van der Waals surface area contributed by atoms with Crippen molar-refractivity contribution in [2.45, 2.75) is 20.3 Å². The van der Waals surface area contributed by atoms with Crippen molar-refractivity contribution in [2.24, 2.45) is 0 Å². The van der Waals surface area contributed by atoms with Crippen LogP contribution in [0.1, 0.15) is 24.5 Å². The summed E-state index contributed by atoms with van der Waals surface area (Å²) in [7, 11) is 0. The molecule has 2 rings (SSSR count). The second kappa shape index (κ2) is 8.68. The van der Waals surface area contributed by atoms with Gasteiger partial charge in [-0.2, -0.15) is 0 Å². The Morgan fingerprint density at radius 2 is 2.08 bits per heavy atom. The number of rotatable bonds is 7. The largest absolute Gasteiger partial charge is 0.340 e. The number of aryl methyl sites for hydroxylation is 1. The molecule has 0 radical (unpaired) electrons. The van der Waals surface area contributed by atoms with Gasteiger partial charge in [-0.25, -0.2) is 4.98 Å². The quantitative estimate of drug-likeness (QED) is 0.613. The molecule has 1 heterocycles. The van der Waals surface area contributed by atoms with Crippen LogP contribution < -0.4 is 5.32 Å². The van der Waals surface area contributed by atoms with Gasteiger partial charge in [-0.1, -0.05) is 56.5 Å². The minimum Gasteiger partial charge on any atom is -0.340 e. The van der Waals surface area contributed by atoms with Gasteiger partial charge >= 0.3 is 0 Å². The first kappa shape index (κ1) is 17.5. The number of hydrogen-bond donors (Lipinski definition) is 1. The number of nitrogens with one attached hydrogen (secondary N) is 1. The average Bonchev–Trinajstić information content (AvgIpc) is 2.58. The SMILES string of the molecule is C=C/C(=C\C(=C)/C=C\c1cccc(Nc2cc(C)ccn2)c1)CC. The van der Waals surface area contributed by atoms with Crippen LogP contribution in [0.4, 0.5) is 11.5 Å². The summed E-state index contributed by atoms with van der Waals surface area (Å²) in [4.78, 5) is 4.33. The third kappa shape index (κ3) is 5.40. The fraction of sp³-hybridized carbons (Fsp3) is 0.136. The Morgan fingerprint density at radius 3 is 2.79 bits per heavy atom. The van der Waals surface area contributed by atoms with E-state index < -0.39 is 0 Å². The Labute approximate surface area is 145 Å². The number of allylic oxidation sites excluding steroid dienone is 5. The molecular weight excluding hydrogens is 292 g/mol. The predicted octanol–water partition coefficient (Wildman–Crippen LogP) is 6.23. The lowest BCUT2D eigenvalue weighted by atomic mass is 10.1. The first-order valence-corrected chi connectivity index (χ1v) is 8.10. The van der Waals surface area contributed by atoms with Gasteiger partial charge in [-0.15, -0.1) is 0 Å². The maximum atomic E-state index is 4.33. The highest BCUT2D eigenvalue weighted by Gasteiger charge is 1.97. The summed E-state index contributed by atoms with van der Waals surface area (Å²) < 4.78 is 0. The van der Waals surface area contributed by atoms with Crippen LogP contribution in [-0.4, -0.2) is 4.98 Å². The van der Waals surface area contributed by atoms with E-state index >= 15 is 0 Å². The first-order chi connectivity index (χ1) is 11.6. The lowest BCUT2D eigenvalue weighted by Gasteiger charge is -2.07. The van der Waals surface area contributed by atoms with Gasteiger partial charge in [-0.3, -0.25) is 0 Å². The van der Waals surface area contributed by atoms with Crippen molar-refractivity contribution < 1.29 is 0 Å². The first-order valence-electron chi connectivity index (χ1n) is 8.10. The molecule has 0 atom stereocenters. The topological polar surface area (TPSA) is 24.9 Å². The molecule has 2 nitrogen and oxygen atoms in total. The highest BCUT2D eigenvalue weighted by atomic mass is 15.0. The maximum Gasteiger partial charge on any atom is 0.130 e. The third-order valence-electron chi connectivity index (χ3n) is 3.61. The minimum absolute atomic E-state index is 0.849. The molecule has 0 aliphatic rings. The third-order valence-corrected chi connectivity index (χ3v) is 3.61. The van der Waals surface area contributed by atoms with Crippen LogP contribution in [0.3, 0.4) is 0 Å². The van der Waals surface area contributed by atoms with Gasteiger partial charge in [0, 0.05) is 11.9 Å². The van der Waals surface area contributed by atoms with Crippen LogP contribution >= 0.6 is 0 Å². The lowest BCUT2D eigenvalue weighted by molar-refractivity contribution is 1.15. The van der Waals surface area contributed by atoms with Gasteiger partial charge in [0.1, 0.15) is 5.82 Å². The molecule has 1 aromatic carbocycles. The Morgan fingerprint density at radius 1 is 1.25 bits per heavy atom. The zero-order valence-electron chi connectivity index (χ0n) is 14.4. The van der Waals surface area contributed by atoms with Crippen LogP contribution in [-0.2, 0) is 0 Å². The number of hydrogen-bond acceptors (Lipinski definition) is 2. The zero-order chi connectivity index (χ0) is 17.4. The molecule has 0 unspecified atom stereocenters. The lowest BCUT2D eigenvalue weighted by Crippen LogP contribution is -1.93. The number of nitrogens with zero attached hydrogens (tertiary/aromatic N) is 1. The number of aromatic nitrogens is 1.